The zero-order valence-electron chi connectivity index (χ0n) is 24.4. The fourth-order valence-corrected chi connectivity index (χ4v) is 6.05. The predicted molar refractivity (Wildman–Crippen MR) is 159 cm³/mol. The van der Waals surface area contributed by atoms with Crippen LogP contribution < -0.4 is 9.47 Å². The lowest BCUT2D eigenvalue weighted by atomic mass is 9.95. The van der Waals surface area contributed by atoms with Gasteiger partial charge in [0.1, 0.15) is 28.8 Å². The quantitative estimate of drug-likeness (QED) is 0.136. The highest BCUT2D eigenvalue weighted by atomic mass is 32.2. The normalized spacial score (nSPS) is 11.7. The second-order valence-corrected chi connectivity index (χ2v) is 12.5. The van der Waals surface area contributed by atoms with Gasteiger partial charge in [-0.2, -0.15) is 0 Å². The molecule has 0 aliphatic heterocycles. The minimum atomic E-state index is -4.02. The topological polar surface area (TPSA) is 78.9 Å². The largest absolute Gasteiger partial charge is 0.488 e. The van der Waals surface area contributed by atoms with Crippen molar-refractivity contribution in [2.45, 2.75) is 63.0 Å². The van der Waals surface area contributed by atoms with E-state index < -0.39 is 27.2 Å². The monoisotopic (exact) mass is 590 g/mol. The van der Waals surface area contributed by atoms with Crippen molar-refractivity contribution in [3.05, 3.63) is 119 Å². The van der Waals surface area contributed by atoms with Crippen LogP contribution in [0.2, 0.25) is 0 Å². The SMILES string of the molecule is CCOC(=O)C(C)(C)Oc1cc(C)c(Cc2ccc(OCc3ccccc3)c(S(=O)(=O)c3ccc(F)cc3)c2)c(C)c1. The Bertz CT molecular complexity index is 1640. The van der Waals surface area contributed by atoms with Crippen molar-refractivity contribution < 1.29 is 31.8 Å². The number of hydrogen-bond donors (Lipinski definition) is 0. The maximum atomic E-state index is 13.7. The molecule has 0 spiro atoms. The summed E-state index contributed by atoms with van der Waals surface area (Å²) in [6, 6.07) is 23.1. The number of benzene rings is 4. The summed E-state index contributed by atoms with van der Waals surface area (Å²) >= 11 is 0. The Labute approximate surface area is 247 Å². The maximum Gasteiger partial charge on any atom is 0.349 e. The summed E-state index contributed by atoms with van der Waals surface area (Å²) in [7, 11) is -4.02. The van der Waals surface area contributed by atoms with Gasteiger partial charge in [-0.05, 0) is 117 Å². The molecule has 220 valence electrons. The number of aryl methyl sites for hydroxylation is 2. The summed E-state index contributed by atoms with van der Waals surface area (Å²) in [5, 5.41) is 0. The molecule has 4 aromatic carbocycles. The lowest BCUT2D eigenvalue weighted by Gasteiger charge is -2.25. The first-order chi connectivity index (χ1) is 19.9. The van der Waals surface area contributed by atoms with Crippen LogP contribution in [0.4, 0.5) is 4.39 Å². The van der Waals surface area contributed by atoms with Crippen LogP contribution in [0.25, 0.3) is 0 Å². The zero-order valence-corrected chi connectivity index (χ0v) is 25.3. The van der Waals surface area contributed by atoms with Crippen LogP contribution in [-0.4, -0.2) is 26.6 Å². The number of rotatable bonds is 11. The van der Waals surface area contributed by atoms with E-state index in [2.05, 4.69) is 0 Å². The smallest absolute Gasteiger partial charge is 0.349 e. The summed E-state index contributed by atoms with van der Waals surface area (Å²) in [6.45, 7) is 9.41. The molecule has 0 amide bonds. The minimum Gasteiger partial charge on any atom is -0.488 e. The van der Waals surface area contributed by atoms with Gasteiger partial charge in [0.2, 0.25) is 9.84 Å². The lowest BCUT2D eigenvalue weighted by Crippen LogP contribution is -2.39. The van der Waals surface area contributed by atoms with Gasteiger partial charge in [-0.3, -0.25) is 0 Å². The van der Waals surface area contributed by atoms with E-state index >= 15 is 0 Å². The molecule has 0 heterocycles. The molecule has 0 aliphatic carbocycles. The third-order valence-corrected chi connectivity index (χ3v) is 8.64. The van der Waals surface area contributed by atoms with Crippen LogP contribution in [0.3, 0.4) is 0 Å². The number of esters is 1. The summed E-state index contributed by atoms with van der Waals surface area (Å²) in [6.07, 6.45) is 0.449. The molecule has 0 aliphatic rings. The molecular weight excluding hydrogens is 555 g/mol. The van der Waals surface area contributed by atoms with E-state index in [0.29, 0.717) is 12.2 Å². The van der Waals surface area contributed by atoms with Gasteiger partial charge in [-0.1, -0.05) is 36.4 Å². The van der Waals surface area contributed by atoms with E-state index in [-0.39, 0.29) is 28.8 Å². The first-order valence-electron chi connectivity index (χ1n) is 13.7. The zero-order chi connectivity index (χ0) is 30.5. The van der Waals surface area contributed by atoms with E-state index in [4.69, 9.17) is 14.2 Å². The Morgan fingerprint density at radius 3 is 2.12 bits per heavy atom. The average molecular weight is 591 g/mol. The second-order valence-electron chi connectivity index (χ2n) is 10.6. The van der Waals surface area contributed by atoms with E-state index in [1.807, 2.05) is 62.4 Å². The van der Waals surface area contributed by atoms with Crippen LogP contribution in [0.5, 0.6) is 11.5 Å². The van der Waals surface area contributed by atoms with Gasteiger partial charge < -0.3 is 14.2 Å². The van der Waals surface area contributed by atoms with Crippen molar-refractivity contribution in [1.82, 2.24) is 0 Å². The molecule has 0 saturated heterocycles. The van der Waals surface area contributed by atoms with Crippen LogP contribution in [-0.2, 0) is 32.4 Å². The van der Waals surface area contributed by atoms with Crippen molar-refractivity contribution in [2.24, 2.45) is 0 Å². The summed E-state index contributed by atoms with van der Waals surface area (Å²) < 4.78 is 58.2. The second kappa shape index (κ2) is 12.8. The molecule has 4 rings (SSSR count). The van der Waals surface area contributed by atoms with Gasteiger partial charge >= 0.3 is 5.97 Å². The Morgan fingerprint density at radius 2 is 1.50 bits per heavy atom. The van der Waals surface area contributed by atoms with E-state index in [1.165, 1.54) is 12.1 Å². The molecule has 0 unspecified atom stereocenters. The molecule has 0 fully saturated rings. The maximum absolute atomic E-state index is 13.7. The Kier molecular flexibility index (Phi) is 9.36. The fourth-order valence-electron chi connectivity index (χ4n) is 4.60. The van der Waals surface area contributed by atoms with Gasteiger partial charge in [0, 0.05) is 0 Å². The molecule has 0 aromatic heterocycles. The number of carbonyl (C=O) groups is 1. The molecule has 0 bridgehead atoms. The molecule has 4 aromatic rings. The van der Waals surface area contributed by atoms with Crippen LogP contribution >= 0.6 is 0 Å². The average Bonchev–Trinajstić information content (AvgIpc) is 2.95. The molecule has 0 radical (unpaired) electrons. The van der Waals surface area contributed by atoms with Gasteiger partial charge in [-0.25, -0.2) is 17.6 Å². The third kappa shape index (κ3) is 7.18. The van der Waals surface area contributed by atoms with Crippen LogP contribution in [0.1, 0.15) is 48.6 Å². The van der Waals surface area contributed by atoms with E-state index in [9.17, 15) is 17.6 Å². The fraction of sp³-hybridized carbons (Fsp3) is 0.265. The summed E-state index contributed by atoms with van der Waals surface area (Å²) in [5.41, 5.74) is 3.35. The Balaban J connectivity index is 1.67. The predicted octanol–water partition coefficient (Wildman–Crippen LogP) is 7.17. The van der Waals surface area contributed by atoms with E-state index in [1.54, 1.807) is 32.9 Å². The standard InChI is InChI=1S/C34H35FO6S/c1-6-39-33(36)34(4,5)41-28-18-23(2)30(24(3)19-28)20-26-12-17-31(40-22-25-10-8-7-9-11-25)32(21-26)42(37,38)29-15-13-27(35)14-16-29/h7-19,21H,6,20,22H2,1-5H3. The van der Waals surface area contributed by atoms with E-state index in [0.717, 1.165) is 39.9 Å². The number of carbonyl (C=O) groups excluding carboxylic acids is 1. The molecule has 8 heteroatoms. The molecule has 0 N–H and O–H groups in total. The lowest BCUT2D eigenvalue weighted by molar-refractivity contribution is -0.158. The highest BCUT2D eigenvalue weighted by Crippen LogP contribution is 2.33. The van der Waals surface area contributed by atoms with Crippen LogP contribution in [0.15, 0.2) is 94.7 Å². The van der Waals surface area contributed by atoms with Gasteiger partial charge in [0.25, 0.3) is 0 Å². The molecule has 6 nitrogen and oxygen atoms in total. The molecule has 42 heavy (non-hydrogen) atoms. The number of sulfone groups is 1. The van der Waals surface area contributed by atoms with Crippen molar-refractivity contribution in [2.75, 3.05) is 6.61 Å². The highest BCUT2D eigenvalue weighted by Gasteiger charge is 2.32. The first-order valence-corrected chi connectivity index (χ1v) is 15.2. The Morgan fingerprint density at radius 1 is 0.857 bits per heavy atom. The van der Waals surface area contributed by atoms with Crippen molar-refractivity contribution in [1.29, 1.82) is 0 Å². The van der Waals surface area contributed by atoms with Crippen molar-refractivity contribution in [3.63, 3.8) is 0 Å². The van der Waals surface area contributed by atoms with Gasteiger partial charge in [-0.15, -0.1) is 0 Å². The molecule has 0 atom stereocenters. The first kappa shape index (κ1) is 30.8. The summed E-state index contributed by atoms with van der Waals surface area (Å²) in [5.74, 6) is -0.220. The number of ether oxygens (including phenoxy) is 3. The van der Waals surface area contributed by atoms with Crippen LogP contribution in [0, 0.1) is 19.7 Å². The molecular formula is C34H35FO6S. The Hall–Kier alpha value is -4.17. The van der Waals surface area contributed by atoms with Gasteiger partial charge in [0.05, 0.1) is 11.5 Å². The number of hydrogen-bond acceptors (Lipinski definition) is 6. The number of halogens is 1. The summed E-state index contributed by atoms with van der Waals surface area (Å²) in [4.78, 5) is 12.3. The van der Waals surface area contributed by atoms with Crippen molar-refractivity contribution in [3.8, 4) is 11.5 Å². The molecule has 0 saturated carbocycles. The van der Waals surface area contributed by atoms with Gasteiger partial charge in [0.15, 0.2) is 5.60 Å². The van der Waals surface area contributed by atoms with Crippen molar-refractivity contribution >= 4 is 15.8 Å². The highest BCUT2D eigenvalue weighted by molar-refractivity contribution is 7.91. The minimum absolute atomic E-state index is 0.00832. The third-order valence-electron chi connectivity index (χ3n) is 6.85.